The van der Waals surface area contributed by atoms with E-state index in [2.05, 4.69) is 6.58 Å². The van der Waals surface area contributed by atoms with Crippen molar-refractivity contribution in [3.63, 3.8) is 0 Å². The monoisotopic (exact) mass is 655 g/mol. The first-order valence-electron chi connectivity index (χ1n) is 17.7. The second-order valence-corrected chi connectivity index (χ2v) is 12.2. The van der Waals surface area contributed by atoms with Gasteiger partial charge in [0.25, 0.3) is 0 Å². The van der Waals surface area contributed by atoms with Crippen LogP contribution in [0, 0.1) is 0 Å². The molecule has 0 saturated heterocycles. The highest BCUT2D eigenvalue weighted by Crippen LogP contribution is 2.14. The number of unbranched alkanes of at least 4 members (excludes halogenated alkanes) is 13. The Morgan fingerprint density at radius 2 is 1.07 bits per heavy atom. The Bertz CT molecular complexity index is 817. The maximum atomic E-state index is 12.5. The number of ether oxygens (including phenoxy) is 3. The molecular weight excluding hydrogens is 590 g/mol. The van der Waals surface area contributed by atoms with Gasteiger partial charge in [0.15, 0.2) is 6.10 Å². The van der Waals surface area contributed by atoms with E-state index in [1.807, 2.05) is 6.92 Å². The van der Waals surface area contributed by atoms with Crippen molar-refractivity contribution in [3.8, 4) is 0 Å². The third kappa shape index (κ3) is 29.0. The highest BCUT2D eigenvalue weighted by Gasteiger charge is 2.19. The maximum absolute atomic E-state index is 12.5. The Morgan fingerprint density at radius 3 is 1.52 bits per heavy atom. The lowest BCUT2D eigenvalue weighted by molar-refractivity contribution is -0.167. The Morgan fingerprint density at radius 1 is 0.652 bits per heavy atom. The Balaban J connectivity index is 4.44. The van der Waals surface area contributed by atoms with Gasteiger partial charge >= 0.3 is 17.9 Å². The van der Waals surface area contributed by atoms with Gasteiger partial charge in [0.1, 0.15) is 13.2 Å². The number of hydrogen-bond acceptors (Lipinski definition) is 10. The van der Waals surface area contributed by atoms with Crippen molar-refractivity contribution in [3.05, 3.63) is 24.5 Å². The molecule has 0 aliphatic rings. The predicted molar refractivity (Wildman–Crippen MR) is 181 cm³/mol. The van der Waals surface area contributed by atoms with Crippen LogP contribution in [0.3, 0.4) is 0 Å². The average Bonchev–Trinajstić information content (AvgIpc) is 3.05. The summed E-state index contributed by atoms with van der Waals surface area (Å²) in [5.74, 6) is -0.738. The van der Waals surface area contributed by atoms with Gasteiger partial charge in [-0.2, -0.15) is 0 Å². The van der Waals surface area contributed by atoms with Crippen molar-refractivity contribution >= 4 is 17.9 Å². The fourth-order valence-electron chi connectivity index (χ4n) is 4.87. The van der Waals surface area contributed by atoms with Crippen LogP contribution < -0.4 is 5.73 Å². The van der Waals surface area contributed by atoms with Gasteiger partial charge in [-0.05, 0) is 51.5 Å². The number of nitrogens with two attached hydrogens (primary N) is 1. The van der Waals surface area contributed by atoms with Gasteiger partial charge in [0.2, 0.25) is 0 Å². The van der Waals surface area contributed by atoms with Crippen LogP contribution in [0.25, 0.3) is 0 Å². The zero-order valence-corrected chi connectivity index (χ0v) is 28.6. The molecule has 5 N–H and O–H groups in total. The number of carbonyl (C=O) groups excluding carboxylic acids is 3. The molecule has 0 aliphatic heterocycles. The number of carbonyl (C=O) groups is 3. The summed E-state index contributed by atoms with van der Waals surface area (Å²) in [4.78, 5) is 37.1. The zero-order chi connectivity index (χ0) is 34.3. The third-order valence-electron chi connectivity index (χ3n) is 7.90. The molecule has 10 heteroatoms. The van der Waals surface area contributed by atoms with Crippen molar-refractivity contribution in [2.45, 2.75) is 166 Å². The zero-order valence-electron chi connectivity index (χ0n) is 28.6. The van der Waals surface area contributed by atoms with Gasteiger partial charge in [-0.3, -0.25) is 14.4 Å². The highest BCUT2D eigenvalue weighted by molar-refractivity contribution is 5.71. The number of allylic oxidation sites excluding steroid dienone is 2. The van der Waals surface area contributed by atoms with Crippen molar-refractivity contribution < 1.29 is 43.9 Å². The van der Waals surface area contributed by atoms with Gasteiger partial charge < -0.3 is 35.3 Å². The van der Waals surface area contributed by atoms with Crippen molar-refractivity contribution in [1.29, 1.82) is 0 Å². The third-order valence-corrected chi connectivity index (χ3v) is 7.90. The van der Waals surface area contributed by atoms with E-state index in [-0.39, 0.29) is 51.0 Å². The lowest BCUT2D eigenvalue weighted by Crippen LogP contribution is -2.30. The highest BCUT2D eigenvalue weighted by atomic mass is 16.6. The number of aliphatic hydroxyl groups is 3. The molecule has 3 unspecified atom stereocenters. The summed E-state index contributed by atoms with van der Waals surface area (Å²) in [6, 6.07) is 0. The fourth-order valence-corrected chi connectivity index (χ4v) is 4.87. The summed E-state index contributed by atoms with van der Waals surface area (Å²) in [7, 11) is 0. The molecule has 0 spiro atoms. The maximum Gasteiger partial charge on any atom is 0.306 e. The summed E-state index contributed by atoms with van der Waals surface area (Å²) >= 11 is 0. The van der Waals surface area contributed by atoms with Crippen LogP contribution in [0.15, 0.2) is 24.5 Å². The summed E-state index contributed by atoms with van der Waals surface area (Å²) < 4.78 is 16.3. The molecule has 0 rings (SSSR count). The molecule has 0 aromatic heterocycles. The number of aliphatic hydroxyl groups excluding tert-OH is 3. The summed E-state index contributed by atoms with van der Waals surface area (Å²) in [5, 5.41) is 28.5. The standard InChI is InChI=1S/C36H65NO9/c1-3-30(38)21-15-9-5-6-12-18-24-34(41)44-28-33(46-36(43)26-20-14-7-10-16-22-31(39)4-2)29-45-35(42)25-19-13-8-11-17-23-32(40)27-37/h3-4,31-33,38-40H,2,5-29,37H2,1H3. The Hall–Kier alpha value is -2.43. The first kappa shape index (κ1) is 43.6. The minimum atomic E-state index is -0.858. The van der Waals surface area contributed by atoms with E-state index < -0.39 is 24.3 Å². The smallest absolute Gasteiger partial charge is 0.306 e. The van der Waals surface area contributed by atoms with Gasteiger partial charge in [0, 0.05) is 32.2 Å². The van der Waals surface area contributed by atoms with E-state index in [9.17, 15) is 29.7 Å². The van der Waals surface area contributed by atoms with Crippen LogP contribution in [0.5, 0.6) is 0 Å². The van der Waals surface area contributed by atoms with E-state index in [4.69, 9.17) is 19.9 Å². The predicted octanol–water partition coefficient (Wildman–Crippen LogP) is 6.90. The van der Waals surface area contributed by atoms with Gasteiger partial charge in [-0.25, -0.2) is 0 Å². The lowest BCUT2D eigenvalue weighted by Gasteiger charge is -2.18. The molecule has 0 fully saturated rings. The lowest BCUT2D eigenvalue weighted by atomic mass is 10.1. The molecule has 10 nitrogen and oxygen atoms in total. The summed E-state index contributed by atoms with van der Waals surface area (Å²) in [5.41, 5.74) is 5.41. The average molecular weight is 656 g/mol. The van der Waals surface area contributed by atoms with Crippen LogP contribution in [0.1, 0.15) is 148 Å². The largest absolute Gasteiger partial charge is 0.513 e. The minimum Gasteiger partial charge on any atom is -0.513 e. The van der Waals surface area contributed by atoms with Gasteiger partial charge in [-0.15, -0.1) is 6.58 Å². The van der Waals surface area contributed by atoms with Crippen LogP contribution in [-0.4, -0.2) is 71.3 Å². The summed E-state index contributed by atoms with van der Waals surface area (Å²) in [6.07, 6.45) is 18.7. The van der Waals surface area contributed by atoms with E-state index in [0.717, 1.165) is 83.5 Å². The second-order valence-electron chi connectivity index (χ2n) is 12.2. The first-order valence-corrected chi connectivity index (χ1v) is 17.7. The van der Waals surface area contributed by atoms with Crippen LogP contribution >= 0.6 is 0 Å². The van der Waals surface area contributed by atoms with E-state index in [1.165, 1.54) is 6.08 Å². The van der Waals surface area contributed by atoms with Crippen molar-refractivity contribution in [1.82, 2.24) is 0 Å². The Labute approximate surface area is 278 Å². The fraction of sp³-hybridized carbons (Fsp3) is 0.806. The summed E-state index contributed by atoms with van der Waals surface area (Å²) in [6.45, 7) is 5.34. The first-order chi connectivity index (χ1) is 22.2. The molecule has 0 bridgehead atoms. The van der Waals surface area contributed by atoms with Crippen molar-refractivity contribution in [2.75, 3.05) is 19.8 Å². The molecule has 0 radical (unpaired) electrons. The molecule has 0 aromatic rings. The quantitative estimate of drug-likeness (QED) is 0.0197. The van der Waals surface area contributed by atoms with E-state index >= 15 is 0 Å². The van der Waals surface area contributed by atoms with E-state index in [1.54, 1.807) is 6.08 Å². The van der Waals surface area contributed by atoms with Crippen LogP contribution in [-0.2, 0) is 28.6 Å². The molecular formula is C36H65NO9. The minimum absolute atomic E-state index is 0.160. The van der Waals surface area contributed by atoms with Crippen LogP contribution in [0.2, 0.25) is 0 Å². The molecule has 0 heterocycles. The topological polar surface area (TPSA) is 166 Å². The molecule has 46 heavy (non-hydrogen) atoms. The number of rotatable bonds is 32. The normalized spacial score (nSPS) is 13.5. The molecule has 0 aliphatic carbocycles. The molecule has 0 amide bonds. The number of hydrogen-bond donors (Lipinski definition) is 4. The second kappa shape index (κ2) is 31.2. The Kier molecular flexibility index (Phi) is 29.5. The number of esters is 3. The van der Waals surface area contributed by atoms with Gasteiger partial charge in [-0.1, -0.05) is 83.1 Å². The molecule has 268 valence electrons. The molecule has 3 atom stereocenters. The van der Waals surface area contributed by atoms with E-state index in [0.29, 0.717) is 44.3 Å². The molecule has 0 saturated carbocycles. The van der Waals surface area contributed by atoms with Gasteiger partial charge in [0.05, 0.1) is 18.0 Å². The van der Waals surface area contributed by atoms with Crippen LogP contribution in [0.4, 0.5) is 0 Å². The molecule has 0 aromatic carbocycles. The van der Waals surface area contributed by atoms with Crippen molar-refractivity contribution in [2.24, 2.45) is 5.73 Å². The SMILES string of the molecule is C=CC(O)CCCCCCCC(=O)OC(COC(=O)CCCCCCCCC(O)=CC)COC(=O)CCCCCCCC(O)CN.